The summed E-state index contributed by atoms with van der Waals surface area (Å²) in [5.41, 5.74) is 0.919. The number of thiazole rings is 1. The van der Waals surface area contributed by atoms with Crippen LogP contribution in [-0.4, -0.2) is 20.9 Å². The third-order valence-corrected chi connectivity index (χ3v) is 5.54. The molecule has 25 heavy (non-hydrogen) atoms. The number of oxazole rings is 1. The average Bonchev–Trinajstić information content (AvgIpc) is 3.25. The molecule has 0 aliphatic rings. The fourth-order valence-corrected chi connectivity index (χ4v) is 4.22. The van der Waals surface area contributed by atoms with Crippen molar-refractivity contribution in [3.05, 3.63) is 54.1 Å². The molecule has 1 atom stereocenters. The largest absolute Gasteiger partial charge is 0.445 e. The highest BCUT2D eigenvalue weighted by Crippen LogP contribution is 2.38. The summed E-state index contributed by atoms with van der Waals surface area (Å²) in [4.78, 5) is 24.6. The van der Waals surface area contributed by atoms with E-state index in [1.807, 2.05) is 26.0 Å². The summed E-state index contributed by atoms with van der Waals surface area (Å²) in [6, 6.07) is 3.65. The molecule has 0 bridgehead atoms. The van der Waals surface area contributed by atoms with Gasteiger partial charge in [-0.3, -0.25) is 9.78 Å². The molecule has 0 fully saturated rings. The number of aryl methyl sites for hydroxylation is 1. The van der Waals surface area contributed by atoms with Crippen LogP contribution in [-0.2, 0) is 17.6 Å². The second-order valence-electron chi connectivity index (χ2n) is 5.34. The summed E-state index contributed by atoms with van der Waals surface area (Å²) >= 11 is 3.06. The molecule has 1 amide bonds. The molecular formula is C17H18N4O2S2. The van der Waals surface area contributed by atoms with Crippen LogP contribution in [0.3, 0.4) is 0 Å². The summed E-state index contributed by atoms with van der Waals surface area (Å²) in [6.07, 6.45) is 8.01. The normalized spacial score (nSPS) is 12.1. The van der Waals surface area contributed by atoms with Gasteiger partial charge in [0.05, 0.1) is 28.3 Å². The van der Waals surface area contributed by atoms with Crippen LogP contribution < -0.4 is 5.32 Å². The predicted molar refractivity (Wildman–Crippen MR) is 98.8 cm³/mol. The van der Waals surface area contributed by atoms with Crippen molar-refractivity contribution < 1.29 is 9.21 Å². The van der Waals surface area contributed by atoms with Crippen LogP contribution in [0.1, 0.15) is 36.3 Å². The molecule has 8 heteroatoms. The zero-order valence-corrected chi connectivity index (χ0v) is 15.6. The summed E-state index contributed by atoms with van der Waals surface area (Å²) in [7, 11) is 0. The molecule has 3 aromatic heterocycles. The smallest absolute Gasteiger partial charge is 0.230 e. The second-order valence-corrected chi connectivity index (χ2v) is 8.02. The van der Waals surface area contributed by atoms with E-state index < -0.39 is 0 Å². The Hall–Kier alpha value is -2.19. The third-order valence-electron chi connectivity index (χ3n) is 3.41. The maximum absolute atomic E-state index is 12.1. The summed E-state index contributed by atoms with van der Waals surface area (Å²) in [5.74, 6) is 1.50. The van der Waals surface area contributed by atoms with E-state index in [1.54, 1.807) is 36.5 Å². The molecule has 0 spiro atoms. The number of amides is 1. The Balaban J connectivity index is 1.55. The van der Waals surface area contributed by atoms with Crippen molar-refractivity contribution in [1.82, 2.24) is 15.0 Å². The van der Waals surface area contributed by atoms with Gasteiger partial charge in [-0.2, -0.15) is 0 Å². The van der Waals surface area contributed by atoms with Gasteiger partial charge in [-0.25, -0.2) is 9.97 Å². The molecule has 1 unspecified atom stereocenters. The summed E-state index contributed by atoms with van der Waals surface area (Å²) in [5, 5.41) is 3.51. The number of hydrogen-bond donors (Lipinski definition) is 1. The topological polar surface area (TPSA) is 80.9 Å². The van der Waals surface area contributed by atoms with Crippen LogP contribution in [0.15, 0.2) is 45.5 Å². The van der Waals surface area contributed by atoms with Crippen molar-refractivity contribution in [2.45, 2.75) is 36.1 Å². The third kappa shape index (κ3) is 4.90. The lowest BCUT2D eigenvalue weighted by Crippen LogP contribution is -2.14. The van der Waals surface area contributed by atoms with E-state index in [4.69, 9.17) is 4.42 Å². The molecule has 0 radical (unpaired) electrons. The minimum Gasteiger partial charge on any atom is -0.445 e. The van der Waals surface area contributed by atoms with Crippen molar-refractivity contribution in [3.8, 4) is 0 Å². The first kappa shape index (κ1) is 17.6. The van der Waals surface area contributed by atoms with Crippen molar-refractivity contribution >= 4 is 34.1 Å². The van der Waals surface area contributed by atoms with Gasteiger partial charge in [0.25, 0.3) is 0 Å². The molecule has 0 aliphatic carbocycles. The minimum atomic E-state index is -0.0922. The highest BCUT2D eigenvalue weighted by molar-refractivity contribution is 8.01. The number of nitrogens with one attached hydrogen (secondary N) is 1. The van der Waals surface area contributed by atoms with Crippen LogP contribution in [0.25, 0.3) is 0 Å². The zero-order valence-electron chi connectivity index (χ0n) is 13.9. The first-order valence-electron chi connectivity index (χ1n) is 7.90. The van der Waals surface area contributed by atoms with Crippen LogP contribution in [0.5, 0.6) is 0 Å². The van der Waals surface area contributed by atoms with E-state index in [2.05, 4.69) is 20.3 Å². The zero-order chi connectivity index (χ0) is 17.6. The molecule has 0 aliphatic heterocycles. The number of thioether (sulfide) groups is 1. The maximum atomic E-state index is 12.1. The van der Waals surface area contributed by atoms with Gasteiger partial charge in [-0.05, 0) is 24.6 Å². The average molecular weight is 374 g/mol. The molecule has 0 aromatic carbocycles. The summed E-state index contributed by atoms with van der Waals surface area (Å²) < 4.78 is 6.68. The van der Waals surface area contributed by atoms with Gasteiger partial charge in [-0.1, -0.05) is 18.3 Å². The van der Waals surface area contributed by atoms with E-state index in [-0.39, 0.29) is 11.2 Å². The lowest BCUT2D eigenvalue weighted by Gasteiger charge is -2.04. The Morgan fingerprint density at radius 1 is 1.32 bits per heavy atom. The maximum Gasteiger partial charge on any atom is 0.230 e. The number of hydrogen-bond acceptors (Lipinski definition) is 7. The lowest BCUT2D eigenvalue weighted by molar-refractivity contribution is -0.115. The molecule has 3 rings (SSSR count). The van der Waals surface area contributed by atoms with Gasteiger partial charge in [0.15, 0.2) is 5.13 Å². The fourth-order valence-electron chi connectivity index (χ4n) is 2.12. The SMILES string of the molecule is CCc1cnc(C(C)Sc2cnc(NC(=O)Cc3ccncc3)s2)o1. The minimum absolute atomic E-state index is 0.0844. The first-order chi connectivity index (χ1) is 12.1. The quantitative estimate of drug-likeness (QED) is 0.627. The molecule has 3 heterocycles. The Kier molecular flexibility index (Phi) is 5.83. The molecular weight excluding hydrogens is 356 g/mol. The number of nitrogens with zero attached hydrogens (tertiary/aromatic N) is 3. The monoisotopic (exact) mass is 374 g/mol. The van der Waals surface area contributed by atoms with Crippen LogP contribution in [0.2, 0.25) is 0 Å². The van der Waals surface area contributed by atoms with Gasteiger partial charge < -0.3 is 9.73 Å². The van der Waals surface area contributed by atoms with Crippen LogP contribution in [0.4, 0.5) is 5.13 Å². The van der Waals surface area contributed by atoms with Crippen molar-refractivity contribution in [2.75, 3.05) is 5.32 Å². The van der Waals surface area contributed by atoms with Crippen LogP contribution in [0, 0.1) is 0 Å². The van der Waals surface area contributed by atoms with Gasteiger partial charge >= 0.3 is 0 Å². The number of carbonyl (C=O) groups excluding carboxylic acids is 1. The highest BCUT2D eigenvalue weighted by atomic mass is 32.2. The van der Waals surface area contributed by atoms with E-state index in [0.717, 1.165) is 22.0 Å². The molecule has 6 nitrogen and oxygen atoms in total. The molecule has 3 aromatic rings. The predicted octanol–water partition coefficient (Wildman–Crippen LogP) is 4.12. The van der Waals surface area contributed by atoms with Crippen molar-refractivity contribution in [1.29, 1.82) is 0 Å². The van der Waals surface area contributed by atoms with Crippen LogP contribution >= 0.6 is 23.1 Å². The van der Waals surface area contributed by atoms with Crippen molar-refractivity contribution in [3.63, 3.8) is 0 Å². The Bertz CT molecular complexity index is 832. The highest BCUT2D eigenvalue weighted by Gasteiger charge is 2.16. The van der Waals surface area contributed by atoms with E-state index in [9.17, 15) is 4.79 Å². The summed E-state index contributed by atoms with van der Waals surface area (Å²) in [6.45, 7) is 4.07. The van der Waals surface area contributed by atoms with Gasteiger partial charge in [0.2, 0.25) is 11.8 Å². The molecule has 0 saturated heterocycles. The molecule has 1 N–H and O–H groups in total. The molecule has 130 valence electrons. The number of rotatable bonds is 7. The number of anilines is 1. The molecule has 0 saturated carbocycles. The second kappa shape index (κ2) is 8.26. The first-order valence-corrected chi connectivity index (χ1v) is 9.59. The Labute approximate surface area is 154 Å². The van der Waals surface area contributed by atoms with Gasteiger partial charge in [-0.15, -0.1) is 11.8 Å². The van der Waals surface area contributed by atoms with E-state index in [0.29, 0.717) is 17.4 Å². The number of pyridine rings is 1. The van der Waals surface area contributed by atoms with E-state index >= 15 is 0 Å². The fraction of sp³-hybridized carbons (Fsp3) is 0.294. The van der Waals surface area contributed by atoms with E-state index in [1.165, 1.54) is 11.3 Å². The van der Waals surface area contributed by atoms with Crippen molar-refractivity contribution in [2.24, 2.45) is 0 Å². The standard InChI is InChI=1S/C17H18N4O2S2/c1-3-13-9-19-16(23-13)11(2)24-15-10-20-17(25-15)21-14(22)8-12-4-6-18-7-5-12/h4-7,9-11H,3,8H2,1-2H3,(H,20,21,22). The Morgan fingerprint density at radius 3 is 2.84 bits per heavy atom. The van der Waals surface area contributed by atoms with Gasteiger partial charge in [0.1, 0.15) is 5.76 Å². The number of aromatic nitrogens is 3. The number of carbonyl (C=O) groups is 1. The van der Waals surface area contributed by atoms with Gasteiger partial charge in [0, 0.05) is 18.8 Å². The lowest BCUT2D eigenvalue weighted by atomic mass is 10.2. The Morgan fingerprint density at radius 2 is 2.12 bits per heavy atom.